The number of likely N-dealkylation sites (tertiary alicyclic amines) is 1. The van der Waals surface area contributed by atoms with Crippen LogP contribution >= 0.6 is 0 Å². The quantitative estimate of drug-likeness (QED) is 0.504. The van der Waals surface area contributed by atoms with Crippen LogP contribution in [0.2, 0.25) is 0 Å². The van der Waals surface area contributed by atoms with Gasteiger partial charge in [-0.25, -0.2) is 4.39 Å². The minimum atomic E-state index is -1.21. The highest BCUT2D eigenvalue weighted by Gasteiger charge is 2.39. The lowest BCUT2D eigenvalue weighted by atomic mass is 9.86. The maximum absolute atomic E-state index is 15.4. The molecule has 0 bridgehead atoms. The highest BCUT2D eigenvalue weighted by molar-refractivity contribution is 5.84. The number of alkyl halides is 1. The van der Waals surface area contributed by atoms with Crippen LogP contribution in [0.25, 0.3) is 22.0 Å². The molecule has 4 heteroatoms. The van der Waals surface area contributed by atoms with Crippen molar-refractivity contribution in [1.29, 1.82) is 0 Å². The Balaban J connectivity index is 0.00000112. The van der Waals surface area contributed by atoms with Crippen molar-refractivity contribution in [2.45, 2.75) is 51.6 Å². The number of pyridine rings is 1. The summed E-state index contributed by atoms with van der Waals surface area (Å²) < 4.78 is 15.4. The highest BCUT2D eigenvalue weighted by Crippen LogP contribution is 2.35. The van der Waals surface area contributed by atoms with Gasteiger partial charge in [0, 0.05) is 37.0 Å². The average Bonchev–Trinajstić information content (AvgIpc) is 3.66. The number of aromatic nitrogens is 1. The number of hydrogen-bond donors (Lipinski definition) is 0. The van der Waals surface area contributed by atoms with E-state index in [0.717, 1.165) is 40.4 Å². The van der Waals surface area contributed by atoms with Crippen molar-refractivity contribution in [3.8, 4) is 11.1 Å². The predicted octanol–water partition coefficient (Wildman–Crippen LogP) is 6.21. The average molecular weight is 419 g/mol. The van der Waals surface area contributed by atoms with Crippen LogP contribution < -0.4 is 0 Å². The first kappa shape index (κ1) is 21.5. The van der Waals surface area contributed by atoms with Gasteiger partial charge in [-0.3, -0.25) is 9.78 Å². The maximum Gasteiger partial charge on any atom is 0.225 e. The van der Waals surface area contributed by atoms with Gasteiger partial charge >= 0.3 is 0 Å². The van der Waals surface area contributed by atoms with E-state index in [1.54, 1.807) is 6.20 Å². The molecule has 3 nitrogen and oxygen atoms in total. The molecule has 0 radical (unpaired) electrons. The summed E-state index contributed by atoms with van der Waals surface area (Å²) in [5.74, 6) is 0.459. The lowest BCUT2D eigenvalue weighted by Gasteiger charge is -2.36. The van der Waals surface area contributed by atoms with Crippen LogP contribution in [0.4, 0.5) is 4.39 Å². The van der Waals surface area contributed by atoms with E-state index in [-0.39, 0.29) is 11.8 Å². The van der Waals surface area contributed by atoms with Gasteiger partial charge in [-0.2, -0.15) is 0 Å². The van der Waals surface area contributed by atoms with Crippen LogP contribution in [0, 0.1) is 5.92 Å². The van der Waals surface area contributed by atoms with E-state index in [2.05, 4.69) is 41.4 Å². The molecule has 0 unspecified atom stereocenters. The molecule has 0 N–H and O–H groups in total. The topological polar surface area (TPSA) is 33.2 Å². The predicted molar refractivity (Wildman–Crippen MR) is 125 cm³/mol. The maximum atomic E-state index is 15.4. The van der Waals surface area contributed by atoms with Crippen LogP contribution in [0.1, 0.15) is 45.1 Å². The van der Waals surface area contributed by atoms with Crippen LogP contribution in [0.15, 0.2) is 60.8 Å². The van der Waals surface area contributed by atoms with Crippen molar-refractivity contribution < 1.29 is 9.18 Å². The Hall–Kier alpha value is -2.75. The molecule has 31 heavy (non-hydrogen) atoms. The van der Waals surface area contributed by atoms with E-state index in [9.17, 15) is 4.79 Å². The van der Waals surface area contributed by atoms with E-state index in [4.69, 9.17) is 0 Å². The summed E-state index contributed by atoms with van der Waals surface area (Å²) in [4.78, 5) is 18.5. The molecule has 1 saturated heterocycles. The number of hydrogen-bond acceptors (Lipinski definition) is 2. The molecule has 2 fully saturated rings. The Labute approximate surface area is 184 Å². The number of halogens is 1. The summed E-state index contributed by atoms with van der Waals surface area (Å²) in [6, 6.07) is 18.5. The zero-order chi connectivity index (χ0) is 21.8. The molecule has 3 aromatic rings. The number of carbonyl (C=O) groups excluding carboxylic acids is 1. The zero-order valence-corrected chi connectivity index (χ0v) is 18.5. The third-order valence-electron chi connectivity index (χ3n) is 6.31. The zero-order valence-electron chi connectivity index (χ0n) is 18.5. The molecule has 2 aliphatic rings. The fourth-order valence-corrected chi connectivity index (χ4v) is 4.32. The number of amides is 1. The van der Waals surface area contributed by atoms with Crippen molar-refractivity contribution in [3.63, 3.8) is 0 Å². The van der Waals surface area contributed by atoms with Crippen molar-refractivity contribution in [2.24, 2.45) is 5.92 Å². The Morgan fingerprint density at radius 2 is 1.71 bits per heavy atom. The van der Waals surface area contributed by atoms with Gasteiger partial charge in [0.05, 0.1) is 5.52 Å². The van der Waals surface area contributed by atoms with E-state index in [1.165, 1.54) is 0 Å². The van der Waals surface area contributed by atoms with Gasteiger partial charge in [0.2, 0.25) is 5.91 Å². The Morgan fingerprint density at radius 3 is 2.39 bits per heavy atom. The number of rotatable bonds is 4. The number of nitrogens with zero attached hydrogens (tertiary/aromatic N) is 2. The minimum absolute atomic E-state index is 0.222. The van der Waals surface area contributed by atoms with Gasteiger partial charge in [-0.05, 0) is 54.5 Å². The van der Waals surface area contributed by atoms with Crippen molar-refractivity contribution in [2.75, 3.05) is 13.1 Å². The SMILES string of the molecule is CC.O=C(C1CC1)N1CCC(F)(Cc2ccc(-c3ccc4cccnc4c3)cc2)CC1. The van der Waals surface area contributed by atoms with Crippen LogP contribution in [0.3, 0.4) is 0 Å². The summed E-state index contributed by atoms with van der Waals surface area (Å²) in [6.45, 7) is 5.10. The molecule has 1 aliphatic heterocycles. The Morgan fingerprint density at radius 1 is 1.03 bits per heavy atom. The molecule has 1 amide bonds. The Kier molecular flexibility index (Phi) is 6.35. The van der Waals surface area contributed by atoms with Gasteiger partial charge in [0.25, 0.3) is 0 Å². The molecule has 1 aliphatic carbocycles. The van der Waals surface area contributed by atoms with E-state index in [1.807, 2.05) is 36.9 Å². The van der Waals surface area contributed by atoms with Crippen LogP contribution in [0.5, 0.6) is 0 Å². The van der Waals surface area contributed by atoms with E-state index in [0.29, 0.717) is 32.4 Å². The lowest BCUT2D eigenvalue weighted by Crippen LogP contribution is -2.46. The summed E-state index contributed by atoms with van der Waals surface area (Å²) in [5, 5.41) is 1.12. The fraction of sp³-hybridized carbons (Fsp3) is 0.407. The minimum Gasteiger partial charge on any atom is -0.342 e. The molecule has 2 aromatic carbocycles. The largest absolute Gasteiger partial charge is 0.342 e. The standard InChI is InChI=1S/C25H25FN2O.C2H6/c26-25(11-14-28(15-12-25)24(29)21-8-9-21)17-18-3-5-19(6-4-18)22-10-7-20-2-1-13-27-23(20)16-22;1-2/h1-7,10,13,16,21H,8-9,11-12,14-15,17H2;1-2H3. The molecule has 2 heterocycles. The molecule has 162 valence electrons. The Bertz CT molecular complexity index is 1030. The first-order chi connectivity index (χ1) is 15.1. The van der Waals surface area contributed by atoms with Gasteiger partial charge < -0.3 is 4.90 Å². The van der Waals surface area contributed by atoms with Crippen LogP contribution in [-0.4, -0.2) is 34.5 Å². The first-order valence-corrected chi connectivity index (χ1v) is 11.5. The molecule has 0 atom stereocenters. The van der Waals surface area contributed by atoms with Crippen LogP contribution in [-0.2, 0) is 11.2 Å². The monoisotopic (exact) mass is 418 g/mol. The van der Waals surface area contributed by atoms with Gasteiger partial charge in [0.15, 0.2) is 0 Å². The first-order valence-electron chi connectivity index (χ1n) is 11.5. The summed E-state index contributed by atoms with van der Waals surface area (Å²) in [6.07, 6.45) is 5.11. The molecule has 5 rings (SSSR count). The molecular weight excluding hydrogens is 387 g/mol. The third kappa shape index (κ3) is 4.95. The number of piperidine rings is 1. The smallest absolute Gasteiger partial charge is 0.225 e. The van der Waals surface area contributed by atoms with E-state index >= 15 is 4.39 Å². The van der Waals surface area contributed by atoms with Gasteiger partial charge in [0.1, 0.15) is 5.67 Å². The summed E-state index contributed by atoms with van der Waals surface area (Å²) in [7, 11) is 0. The lowest BCUT2D eigenvalue weighted by molar-refractivity contribution is -0.135. The van der Waals surface area contributed by atoms with Crippen molar-refractivity contribution in [1.82, 2.24) is 9.88 Å². The van der Waals surface area contributed by atoms with Crippen molar-refractivity contribution >= 4 is 16.8 Å². The number of benzene rings is 2. The van der Waals surface area contributed by atoms with Gasteiger partial charge in [-0.1, -0.05) is 56.3 Å². The van der Waals surface area contributed by atoms with Gasteiger partial charge in [-0.15, -0.1) is 0 Å². The second-order valence-electron chi connectivity index (χ2n) is 8.54. The number of carbonyl (C=O) groups is 1. The normalized spacial score (nSPS) is 17.7. The van der Waals surface area contributed by atoms with E-state index < -0.39 is 5.67 Å². The fourth-order valence-electron chi connectivity index (χ4n) is 4.32. The second kappa shape index (κ2) is 9.17. The third-order valence-corrected chi connectivity index (χ3v) is 6.31. The molecule has 1 saturated carbocycles. The summed E-state index contributed by atoms with van der Waals surface area (Å²) in [5.41, 5.74) is 3.00. The molecule has 1 aromatic heterocycles. The second-order valence-corrected chi connectivity index (χ2v) is 8.54. The summed E-state index contributed by atoms with van der Waals surface area (Å²) >= 11 is 0. The highest BCUT2D eigenvalue weighted by atomic mass is 19.1. The molecule has 0 spiro atoms. The van der Waals surface area contributed by atoms with Crippen molar-refractivity contribution in [3.05, 3.63) is 66.4 Å². The number of fused-ring (bicyclic) bond motifs is 1. The molecular formula is C27H31FN2O.